The number of aryl methyl sites for hydroxylation is 1. The van der Waals surface area contributed by atoms with Gasteiger partial charge in [0, 0.05) is 24.8 Å². The summed E-state index contributed by atoms with van der Waals surface area (Å²) in [5.74, 6) is 3.01. The molecule has 0 atom stereocenters. The SMILES string of the molecule is COc1ccccc1CCNc1cc(C)nc(NCC(C)C)n1. The van der Waals surface area contributed by atoms with Crippen molar-refractivity contribution in [1.82, 2.24) is 9.97 Å². The number of hydrogen-bond acceptors (Lipinski definition) is 5. The molecule has 1 aromatic carbocycles. The van der Waals surface area contributed by atoms with Gasteiger partial charge in [0.1, 0.15) is 11.6 Å². The lowest BCUT2D eigenvalue weighted by Crippen LogP contribution is -2.13. The number of aromatic nitrogens is 2. The van der Waals surface area contributed by atoms with Crippen molar-refractivity contribution in [3.05, 3.63) is 41.6 Å². The van der Waals surface area contributed by atoms with Gasteiger partial charge in [-0.25, -0.2) is 4.98 Å². The highest BCUT2D eigenvalue weighted by molar-refractivity contribution is 5.42. The van der Waals surface area contributed by atoms with Crippen LogP contribution in [0, 0.1) is 12.8 Å². The molecular weight excluding hydrogens is 288 g/mol. The Kier molecular flexibility index (Phi) is 6.20. The van der Waals surface area contributed by atoms with Crippen LogP contribution in [-0.4, -0.2) is 30.2 Å². The second kappa shape index (κ2) is 8.36. The fraction of sp³-hybridized carbons (Fsp3) is 0.444. The lowest BCUT2D eigenvalue weighted by Gasteiger charge is -2.12. The summed E-state index contributed by atoms with van der Waals surface area (Å²) in [4.78, 5) is 8.93. The topological polar surface area (TPSA) is 59.1 Å². The van der Waals surface area contributed by atoms with Gasteiger partial charge in [0.05, 0.1) is 7.11 Å². The quantitative estimate of drug-likeness (QED) is 0.781. The van der Waals surface area contributed by atoms with E-state index in [2.05, 4.69) is 40.5 Å². The van der Waals surface area contributed by atoms with Gasteiger partial charge < -0.3 is 15.4 Å². The van der Waals surface area contributed by atoms with Gasteiger partial charge in [-0.2, -0.15) is 4.98 Å². The zero-order valence-electron chi connectivity index (χ0n) is 14.4. The van der Waals surface area contributed by atoms with Crippen molar-refractivity contribution in [2.24, 2.45) is 5.92 Å². The third-order valence-corrected chi connectivity index (χ3v) is 3.42. The van der Waals surface area contributed by atoms with Gasteiger partial charge >= 0.3 is 0 Å². The van der Waals surface area contributed by atoms with Crippen LogP contribution in [0.4, 0.5) is 11.8 Å². The molecule has 0 fully saturated rings. The van der Waals surface area contributed by atoms with Crippen molar-refractivity contribution in [1.29, 1.82) is 0 Å². The minimum atomic E-state index is 0.557. The Labute approximate surface area is 138 Å². The predicted molar refractivity (Wildman–Crippen MR) is 95.3 cm³/mol. The second-order valence-electron chi connectivity index (χ2n) is 5.98. The molecule has 1 aromatic heterocycles. The van der Waals surface area contributed by atoms with Crippen LogP contribution >= 0.6 is 0 Å². The Morgan fingerprint density at radius 1 is 1.13 bits per heavy atom. The van der Waals surface area contributed by atoms with Crippen LogP contribution in [-0.2, 0) is 6.42 Å². The number of anilines is 2. The van der Waals surface area contributed by atoms with E-state index in [1.54, 1.807) is 7.11 Å². The summed E-state index contributed by atoms with van der Waals surface area (Å²) in [6.45, 7) is 7.96. The molecule has 2 rings (SSSR count). The van der Waals surface area contributed by atoms with E-state index < -0.39 is 0 Å². The first-order valence-corrected chi connectivity index (χ1v) is 8.04. The van der Waals surface area contributed by atoms with Crippen molar-refractivity contribution < 1.29 is 4.74 Å². The summed E-state index contributed by atoms with van der Waals surface area (Å²) in [7, 11) is 1.70. The number of rotatable bonds is 8. The highest BCUT2D eigenvalue weighted by Crippen LogP contribution is 2.18. The molecule has 0 radical (unpaired) electrons. The van der Waals surface area contributed by atoms with Gasteiger partial charge in [0.2, 0.25) is 5.95 Å². The number of methoxy groups -OCH3 is 1. The van der Waals surface area contributed by atoms with Crippen LogP contribution < -0.4 is 15.4 Å². The molecule has 0 aliphatic carbocycles. The summed E-state index contributed by atoms with van der Waals surface area (Å²) in [6.07, 6.45) is 0.877. The number of ether oxygens (including phenoxy) is 1. The standard InChI is InChI=1S/C18H26N4O/c1-13(2)12-20-18-21-14(3)11-17(22-18)19-10-9-15-7-5-6-8-16(15)23-4/h5-8,11,13H,9-10,12H2,1-4H3,(H2,19,20,21,22). The summed E-state index contributed by atoms with van der Waals surface area (Å²) in [5, 5.41) is 6.64. The fourth-order valence-corrected chi connectivity index (χ4v) is 2.27. The Morgan fingerprint density at radius 2 is 1.91 bits per heavy atom. The van der Waals surface area contributed by atoms with Crippen molar-refractivity contribution in [2.75, 3.05) is 30.8 Å². The molecule has 23 heavy (non-hydrogen) atoms. The molecule has 0 saturated heterocycles. The average Bonchev–Trinajstić information content (AvgIpc) is 2.53. The maximum Gasteiger partial charge on any atom is 0.224 e. The minimum absolute atomic E-state index is 0.557. The van der Waals surface area contributed by atoms with Gasteiger partial charge in [-0.3, -0.25) is 0 Å². The Bertz CT molecular complexity index is 628. The second-order valence-corrected chi connectivity index (χ2v) is 5.98. The third kappa shape index (κ3) is 5.43. The van der Waals surface area contributed by atoms with E-state index in [0.717, 1.165) is 36.8 Å². The van der Waals surface area contributed by atoms with Crippen LogP contribution in [0.15, 0.2) is 30.3 Å². The van der Waals surface area contributed by atoms with Crippen molar-refractivity contribution >= 4 is 11.8 Å². The molecule has 2 N–H and O–H groups in total. The summed E-state index contributed by atoms with van der Waals surface area (Å²) in [6, 6.07) is 10.0. The highest BCUT2D eigenvalue weighted by Gasteiger charge is 2.04. The van der Waals surface area contributed by atoms with Gasteiger partial charge in [-0.1, -0.05) is 32.0 Å². The largest absolute Gasteiger partial charge is 0.496 e. The van der Waals surface area contributed by atoms with E-state index in [4.69, 9.17) is 4.74 Å². The number of nitrogens with zero attached hydrogens (tertiary/aromatic N) is 2. The molecule has 1 heterocycles. The number of hydrogen-bond donors (Lipinski definition) is 2. The molecule has 2 aromatic rings. The van der Waals surface area contributed by atoms with E-state index in [0.29, 0.717) is 11.9 Å². The molecule has 0 saturated carbocycles. The van der Waals surface area contributed by atoms with Crippen LogP contribution in [0.5, 0.6) is 5.75 Å². The summed E-state index contributed by atoms with van der Waals surface area (Å²) in [5.41, 5.74) is 2.14. The monoisotopic (exact) mass is 314 g/mol. The molecular formula is C18H26N4O. The van der Waals surface area contributed by atoms with E-state index >= 15 is 0 Å². The molecule has 5 heteroatoms. The van der Waals surface area contributed by atoms with E-state index in [1.807, 2.05) is 31.2 Å². The molecule has 0 spiro atoms. The normalized spacial score (nSPS) is 10.7. The summed E-state index contributed by atoms with van der Waals surface area (Å²) >= 11 is 0. The van der Waals surface area contributed by atoms with Gasteiger partial charge in [-0.05, 0) is 30.9 Å². The molecule has 0 bridgehead atoms. The Balaban J connectivity index is 1.94. The summed E-state index contributed by atoms with van der Waals surface area (Å²) < 4.78 is 5.38. The van der Waals surface area contributed by atoms with Crippen molar-refractivity contribution in [3.63, 3.8) is 0 Å². The van der Waals surface area contributed by atoms with E-state index in [-0.39, 0.29) is 0 Å². The fourth-order valence-electron chi connectivity index (χ4n) is 2.27. The third-order valence-electron chi connectivity index (χ3n) is 3.42. The number of nitrogens with one attached hydrogen (secondary N) is 2. The Hall–Kier alpha value is -2.30. The average molecular weight is 314 g/mol. The maximum atomic E-state index is 5.38. The first-order valence-electron chi connectivity index (χ1n) is 8.04. The zero-order valence-corrected chi connectivity index (χ0v) is 14.4. The first kappa shape index (κ1) is 17.1. The Morgan fingerprint density at radius 3 is 2.65 bits per heavy atom. The molecule has 124 valence electrons. The first-order chi connectivity index (χ1) is 11.1. The van der Waals surface area contributed by atoms with Crippen molar-refractivity contribution in [2.45, 2.75) is 27.2 Å². The molecule has 0 unspecified atom stereocenters. The van der Waals surface area contributed by atoms with Crippen LogP contribution in [0.1, 0.15) is 25.1 Å². The van der Waals surface area contributed by atoms with Gasteiger partial charge in [-0.15, -0.1) is 0 Å². The van der Waals surface area contributed by atoms with Crippen molar-refractivity contribution in [3.8, 4) is 5.75 Å². The zero-order chi connectivity index (χ0) is 16.7. The van der Waals surface area contributed by atoms with Crippen LogP contribution in [0.3, 0.4) is 0 Å². The van der Waals surface area contributed by atoms with Gasteiger partial charge in [0.25, 0.3) is 0 Å². The smallest absolute Gasteiger partial charge is 0.224 e. The molecule has 0 aliphatic rings. The predicted octanol–water partition coefficient (Wildman–Crippen LogP) is 3.52. The van der Waals surface area contributed by atoms with Crippen LogP contribution in [0.2, 0.25) is 0 Å². The van der Waals surface area contributed by atoms with E-state index in [1.165, 1.54) is 5.56 Å². The maximum absolute atomic E-state index is 5.38. The van der Waals surface area contributed by atoms with Gasteiger partial charge in [0.15, 0.2) is 0 Å². The highest BCUT2D eigenvalue weighted by atomic mass is 16.5. The molecule has 5 nitrogen and oxygen atoms in total. The number of para-hydroxylation sites is 1. The minimum Gasteiger partial charge on any atom is -0.496 e. The van der Waals surface area contributed by atoms with E-state index in [9.17, 15) is 0 Å². The molecule has 0 aliphatic heterocycles. The lowest BCUT2D eigenvalue weighted by molar-refractivity contribution is 0.410. The molecule has 0 amide bonds. The lowest BCUT2D eigenvalue weighted by atomic mass is 10.1. The van der Waals surface area contributed by atoms with Crippen LogP contribution in [0.25, 0.3) is 0 Å². The number of benzene rings is 1.